The zero-order valence-corrected chi connectivity index (χ0v) is 20.5. The van der Waals surface area contributed by atoms with Crippen molar-refractivity contribution >= 4 is 17.6 Å². The highest BCUT2D eigenvalue weighted by atomic mass is 19.4. The molecule has 39 heavy (non-hydrogen) atoms. The minimum Gasteiger partial charge on any atom is -0.490 e. The number of hydrogen-bond acceptors (Lipinski definition) is 7. The normalized spacial score (nSPS) is 13.3. The second-order valence-electron chi connectivity index (χ2n) is 8.40. The number of ether oxygens (including phenoxy) is 4. The zero-order valence-electron chi connectivity index (χ0n) is 20.5. The quantitative estimate of drug-likeness (QED) is 0.256. The van der Waals surface area contributed by atoms with E-state index < -0.39 is 52.7 Å². The number of halogens is 5. The molecule has 1 aromatic heterocycles. The maximum atomic E-state index is 15.8. The number of hydrogen-bond donors (Lipinski definition) is 1. The molecule has 0 spiro atoms. The van der Waals surface area contributed by atoms with E-state index in [1.807, 2.05) is 0 Å². The molecule has 8 nitrogen and oxygen atoms in total. The number of nitrogens with one attached hydrogen (secondary N) is 1. The SMILES string of the molecule is COC(=O)c1cc(NC(=O)c2c(Oc3ccc(OC(F)(F)F)c(F)c3OC)ccc(C3CCC3)c2F)ccn1. The summed E-state index contributed by atoms with van der Waals surface area (Å²) < 4.78 is 87.1. The van der Waals surface area contributed by atoms with Gasteiger partial charge in [-0.05, 0) is 54.7 Å². The standard InChI is InChI=1S/C26H21F5N2O6/c1-36-23-19(9-8-18(22(23)28)39-26(29,30)31)38-17-7-6-15(13-4-3-5-13)21(27)20(17)24(34)33-14-10-11-32-16(12-14)25(35)37-2/h6-13H,3-5H2,1-2H3,(H,32,33,34). The van der Waals surface area contributed by atoms with Crippen LogP contribution in [0.25, 0.3) is 0 Å². The number of methoxy groups -OCH3 is 2. The van der Waals surface area contributed by atoms with Crippen LogP contribution in [-0.4, -0.2) is 37.4 Å². The Balaban J connectivity index is 1.73. The average Bonchev–Trinajstić information content (AvgIpc) is 2.85. The molecule has 0 radical (unpaired) electrons. The summed E-state index contributed by atoms with van der Waals surface area (Å²) in [5, 5.41) is 2.46. The van der Waals surface area contributed by atoms with Crippen molar-refractivity contribution in [2.75, 3.05) is 19.5 Å². The number of esters is 1. The van der Waals surface area contributed by atoms with Crippen molar-refractivity contribution in [3.05, 3.63) is 71.1 Å². The van der Waals surface area contributed by atoms with E-state index in [2.05, 4.69) is 19.8 Å². The molecule has 0 aliphatic heterocycles. The number of benzene rings is 2. The first-order valence-electron chi connectivity index (χ1n) is 11.5. The van der Waals surface area contributed by atoms with Crippen molar-refractivity contribution in [2.24, 2.45) is 0 Å². The first kappa shape index (κ1) is 27.6. The molecule has 1 amide bonds. The van der Waals surface area contributed by atoms with Crippen LogP contribution in [0.3, 0.4) is 0 Å². The van der Waals surface area contributed by atoms with Crippen LogP contribution < -0.4 is 19.5 Å². The Bertz CT molecular complexity index is 1410. The number of carbonyl (C=O) groups excluding carboxylic acids is 2. The summed E-state index contributed by atoms with van der Waals surface area (Å²) in [6, 6.07) is 6.89. The van der Waals surface area contributed by atoms with Crippen molar-refractivity contribution in [3.8, 4) is 23.0 Å². The van der Waals surface area contributed by atoms with Crippen LogP contribution >= 0.6 is 0 Å². The molecule has 1 saturated carbocycles. The van der Waals surface area contributed by atoms with Crippen LogP contribution in [0.4, 0.5) is 27.6 Å². The summed E-state index contributed by atoms with van der Waals surface area (Å²) in [4.78, 5) is 28.9. The lowest BCUT2D eigenvalue weighted by Gasteiger charge is -2.27. The topological polar surface area (TPSA) is 96.0 Å². The van der Waals surface area contributed by atoms with Gasteiger partial charge in [-0.3, -0.25) is 4.79 Å². The van der Waals surface area contributed by atoms with Gasteiger partial charge in [0.2, 0.25) is 11.6 Å². The van der Waals surface area contributed by atoms with Gasteiger partial charge in [-0.25, -0.2) is 14.2 Å². The Morgan fingerprint density at radius 2 is 1.67 bits per heavy atom. The lowest BCUT2D eigenvalue weighted by Crippen LogP contribution is -2.19. The van der Waals surface area contributed by atoms with Gasteiger partial charge in [0.25, 0.3) is 5.91 Å². The molecule has 3 aromatic rings. The largest absolute Gasteiger partial charge is 0.573 e. The van der Waals surface area contributed by atoms with Crippen molar-refractivity contribution in [3.63, 3.8) is 0 Å². The summed E-state index contributed by atoms with van der Waals surface area (Å²) in [5.74, 6) is -6.99. The van der Waals surface area contributed by atoms with Gasteiger partial charge in [0.15, 0.2) is 11.5 Å². The molecule has 13 heteroatoms. The monoisotopic (exact) mass is 552 g/mol. The minimum atomic E-state index is -5.17. The molecule has 0 bridgehead atoms. The van der Waals surface area contributed by atoms with E-state index in [9.17, 15) is 27.2 Å². The van der Waals surface area contributed by atoms with Gasteiger partial charge in [-0.1, -0.05) is 12.5 Å². The molecule has 0 unspecified atom stereocenters. The lowest BCUT2D eigenvalue weighted by molar-refractivity contribution is -0.275. The molecular formula is C26H21F5N2O6. The van der Waals surface area contributed by atoms with Crippen molar-refractivity contribution in [1.82, 2.24) is 4.98 Å². The van der Waals surface area contributed by atoms with E-state index in [0.717, 1.165) is 26.7 Å². The highest BCUT2D eigenvalue weighted by Gasteiger charge is 2.34. The van der Waals surface area contributed by atoms with Crippen LogP contribution in [0.2, 0.25) is 0 Å². The van der Waals surface area contributed by atoms with E-state index in [4.69, 9.17) is 9.47 Å². The summed E-state index contributed by atoms with van der Waals surface area (Å²) in [6.07, 6.45) is -1.62. The maximum absolute atomic E-state index is 15.8. The fourth-order valence-electron chi connectivity index (χ4n) is 3.94. The van der Waals surface area contributed by atoms with Gasteiger partial charge >= 0.3 is 12.3 Å². The molecule has 206 valence electrons. The predicted molar refractivity (Wildman–Crippen MR) is 126 cm³/mol. The van der Waals surface area contributed by atoms with Gasteiger partial charge in [0.05, 0.1) is 14.2 Å². The van der Waals surface area contributed by atoms with Crippen LogP contribution in [0.15, 0.2) is 42.6 Å². The fraction of sp³-hybridized carbons (Fsp3) is 0.269. The third-order valence-corrected chi connectivity index (χ3v) is 5.99. The average molecular weight is 552 g/mol. The molecule has 2 aromatic carbocycles. The Hall–Kier alpha value is -4.42. The third-order valence-electron chi connectivity index (χ3n) is 5.99. The van der Waals surface area contributed by atoms with E-state index in [1.165, 1.54) is 30.5 Å². The van der Waals surface area contributed by atoms with E-state index in [1.54, 1.807) is 0 Å². The number of aromatic nitrogens is 1. The van der Waals surface area contributed by atoms with Crippen molar-refractivity contribution in [2.45, 2.75) is 31.5 Å². The molecule has 1 aliphatic carbocycles. The van der Waals surface area contributed by atoms with Crippen LogP contribution in [0.5, 0.6) is 23.0 Å². The molecule has 4 rings (SSSR count). The highest BCUT2D eigenvalue weighted by Crippen LogP contribution is 2.43. The first-order valence-corrected chi connectivity index (χ1v) is 11.5. The van der Waals surface area contributed by atoms with Crippen LogP contribution in [0, 0.1) is 11.6 Å². The van der Waals surface area contributed by atoms with E-state index in [-0.39, 0.29) is 28.6 Å². The number of alkyl halides is 3. The third kappa shape index (κ3) is 6.02. The Morgan fingerprint density at radius 1 is 0.974 bits per heavy atom. The fourth-order valence-corrected chi connectivity index (χ4v) is 3.94. The second kappa shape index (κ2) is 11.1. The van der Waals surface area contributed by atoms with E-state index >= 15 is 4.39 Å². The van der Waals surface area contributed by atoms with Gasteiger partial charge in [0.1, 0.15) is 22.8 Å². The summed E-state index contributed by atoms with van der Waals surface area (Å²) in [7, 11) is 2.14. The van der Waals surface area contributed by atoms with Crippen molar-refractivity contribution < 1.29 is 50.5 Å². The van der Waals surface area contributed by atoms with Crippen molar-refractivity contribution in [1.29, 1.82) is 0 Å². The van der Waals surface area contributed by atoms with Gasteiger partial charge in [-0.2, -0.15) is 4.39 Å². The van der Waals surface area contributed by atoms with Crippen LogP contribution in [-0.2, 0) is 4.74 Å². The minimum absolute atomic E-state index is 0.0899. The number of rotatable bonds is 8. The van der Waals surface area contributed by atoms with Gasteiger partial charge in [-0.15, -0.1) is 13.2 Å². The first-order chi connectivity index (χ1) is 18.5. The summed E-state index contributed by atoms with van der Waals surface area (Å²) >= 11 is 0. The number of pyridine rings is 1. The highest BCUT2D eigenvalue weighted by molar-refractivity contribution is 6.07. The molecule has 0 saturated heterocycles. The Morgan fingerprint density at radius 3 is 2.28 bits per heavy atom. The molecule has 1 heterocycles. The molecule has 0 atom stereocenters. The number of anilines is 1. The van der Waals surface area contributed by atoms with Gasteiger partial charge in [0, 0.05) is 11.9 Å². The summed E-state index contributed by atoms with van der Waals surface area (Å²) in [6.45, 7) is 0. The molecular weight excluding hydrogens is 531 g/mol. The Kier molecular flexibility index (Phi) is 7.88. The predicted octanol–water partition coefficient (Wildman–Crippen LogP) is 6.37. The number of nitrogens with zero attached hydrogens (tertiary/aromatic N) is 1. The van der Waals surface area contributed by atoms with E-state index in [0.29, 0.717) is 18.9 Å². The number of carbonyl (C=O) groups is 2. The molecule has 1 N–H and O–H groups in total. The van der Waals surface area contributed by atoms with Crippen LogP contribution in [0.1, 0.15) is 51.6 Å². The smallest absolute Gasteiger partial charge is 0.490 e. The molecule has 1 fully saturated rings. The second-order valence-corrected chi connectivity index (χ2v) is 8.40. The number of amides is 1. The summed E-state index contributed by atoms with van der Waals surface area (Å²) in [5.41, 5.74) is -0.298. The zero-order chi connectivity index (χ0) is 28.3. The maximum Gasteiger partial charge on any atom is 0.573 e. The van der Waals surface area contributed by atoms with Gasteiger partial charge < -0.3 is 24.3 Å². The Labute approximate surface area is 218 Å². The lowest BCUT2D eigenvalue weighted by atomic mass is 9.79. The molecule has 1 aliphatic rings.